The van der Waals surface area contributed by atoms with E-state index in [0.717, 1.165) is 11.1 Å². The van der Waals surface area contributed by atoms with Crippen LogP contribution >= 0.6 is 11.6 Å². The molecule has 0 aliphatic heterocycles. The van der Waals surface area contributed by atoms with Gasteiger partial charge in [-0.2, -0.15) is 5.26 Å². The molecule has 24 heavy (non-hydrogen) atoms. The van der Waals surface area contributed by atoms with Crippen molar-refractivity contribution in [3.05, 3.63) is 64.7 Å². The van der Waals surface area contributed by atoms with Crippen LogP contribution in [0.4, 0.5) is 0 Å². The van der Waals surface area contributed by atoms with Crippen LogP contribution < -0.4 is 4.74 Å². The molecule has 0 spiro atoms. The first-order valence-corrected chi connectivity index (χ1v) is 8.05. The highest BCUT2D eigenvalue weighted by molar-refractivity contribution is 6.31. The van der Waals surface area contributed by atoms with Crippen LogP contribution in [-0.4, -0.2) is 24.0 Å². The van der Waals surface area contributed by atoms with Crippen molar-refractivity contribution in [2.24, 2.45) is 0 Å². The number of carbonyl (C=O) groups excluding carboxylic acids is 1. The van der Waals surface area contributed by atoms with E-state index in [-0.39, 0.29) is 12.5 Å². The average Bonchev–Trinajstić information content (AvgIpc) is 2.60. The summed E-state index contributed by atoms with van der Waals surface area (Å²) in [6.45, 7) is 2.66. The molecule has 2 aromatic carbocycles. The van der Waals surface area contributed by atoms with Gasteiger partial charge in [-0.15, -0.1) is 0 Å². The minimum Gasteiger partial charge on any atom is -0.484 e. The van der Waals surface area contributed by atoms with Crippen LogP contribution in [-0.2, 0) is 11.3 Å². The number of aryl methyl sites for hydroxylation is 1. The largest absolute Gasteiger partial charge is 0.484 e. The zero-order valence-corrected chi connectivity index (χ0v) is 14.3. The van der Waals surface area contributed by atoms with E-state index in [4.69, 9.17) is 21.6 Å². The lowest BCUT2D eigenvalue weighted by Gasteiger charge is -2.22. The second-order valence-electron chi connectivity index (χ2n) is 5.41. The number of ether oxygens (including phenoxy) is 1. The highest BCUT2D eigenvalue weighted by Crippen LogP contribution is 2.21. The van der Waals surface area contributed by atoms with Gasteiger partial charge in [0.15, 0.2) is 6.61 Å². The van der Waals surface area contributed by atoms with E-state index in [1.165, 1.54) is 0 Å². The molecule has 1 amide bonds. The maximum atomic E-state index is 12.4. The maximum absolute atomic E-state index is 12.4. The van der Waals surface area contributed by atoms with Crippen molar-refractivity contribution in [3.63, 3.8) is 0 Å². The molecule has 0 N–H and O–H groups in total. The van der Waals surface area contributed by atoms with Crippen LogP contribution in [0.3, 0.4) is 0 Å². The molecule has 0 saturated carbocycles. The van der Waals surface area contributed by atoms with Gasteiger partial charge >= 0.3 is 0 Å². The first kappa shape index (κ1) is 17.8. The molecule has 2 rings (SSSR count). The van der Waals surface area contributed by atoms with Gasteiger partial charge in [-0.1, -0.05) is 41.9 Å². The smallest absolute Gasteiger partial charge is 0.260 e. The van der Waals surface area contributed by atoms with Crippen LogP contribution in [0.2, 0.25) is 5.02 Å². The fraction of sp³-hybridized carbons (Fsp3) is 0.263. The van der Waals surface area contributed by atoms with Crippen molar-refractivity contribution in [3.8, 4) is 11.8 Å². The molecule has 124 valence electrons. The molecule has 0 heterocycles. The van der Waals surface area contributed by atoms with Crippen molar-refractivity contribution in [2.75, 3.05) is 13.2 Å². The first-order valence-electron chi connectivity index (χ1n) is 7.67. The molecule has 0 saturated heterocycles. The third kappa shape index (κ3) is 5.29. The zero-order chi connectivity index (χ0) is 17.4. The Labute approximate surface area is 147 Å². The predicted octanol–water partition coefficient (Wildman–Crippen LogP) is 3.97. The molecule has 0 unspecified atom stereocenters. The topological polar surface area (TPSA) is 53.3 Å². The monoisotopic (exact) mass is 342 g/mol. The number of halogens is 1. The minimum atomic E-state index is -0.151. The third-order valence-corrected chi connectivity index (χ3v) is 3.98. The Hall–Kier alpha value is -2.51. The molecule has 0 aromatic heterocycles. The number of nitrogens with zero attached hydrogens (tertiary/aromatic N) is 2. The van der Waals surface area contributed by atoms with Crippen LogP contribution in [0.1, 0.15) is 17.5 Å². The van der Waals surface area contributed by atoms with Crippen molar-refractivity contribution >= 4 is 17.5 Å². The standard InChI is InChI=1S/C19H19ClN2O2/c1-15-12-17(8-9-18(15)20)24-14-19(23)22(11-5-10-21)13-16-6-3-2-4-7-16/h2-4,6-9,12H,5,11,13-14H2,1H3. The summed E-state index contributed by atoms with van der Waals surface area (Å²) in [7, 11) is 0. The number of hydrogen-bond acceptors (Lipinski definition) is 3. The molecule has 0 fully saturated rings. The summed E-state index contributed by atoms with van der Waals surface area (Å²) < 4.78 is 5.57. The molecule has 0 aliphatic carbocycles. The van der Waals surface area contributed by atoms with Crippen LogP contribution in [0.5, 0.6) is 5.75 Å². The van der Waals surface area contributed by atoms with Crippen LogP contribution in [0.15, 0.2) is 48.5 Å². The van der Waals surface area contributed by atoms with Gasteiger partial charge in [0.1, 0.15) is 5.75 Å². The van der Waals surface area contributed by atoms with E-state index in [1.807, 2.05) is 37.3 Å². The van der Waals surface area contributed by atoms with Gasteiger partial charge < -0.3 is 9.64 Å². The zero-order valence-electron chi connectivity index (χ0n) is 13.5. The fourth-order valence-electron chi connectivity index (χ4n) is 2.22. The Morgan fingerprint density at radius 3 is 2.67 bits per heavy atom. The van der Waals surface area contributed by atoms with Crippen molar-refractivity contribution < 1.29 is 9.53 Å². The predicted molar refractivity (Wildman–Crippen MR) is 93.8 cm³/mol. The Morgan fingerprint density at radius 2 is 2.00 bits per heavy atom. The molecular formula is C19H19ClN2O2. The molecule has 0 radical (unpaired) electrons. The molecule has 4 nitrogen and oxygen atoms in total. The van der Waals surface area contributed by atoms with Crippen molar-refractivity contribution in [2.45, 2.75) is 19.9 Å². The molecular weight excluding hydrogens is 324 g/mol. The first-order chi connectivity index (χ1) is 11.6. The molecule has 0 bridgehead atoms. The van der Waals surface area contributed by atoms with E-state index in [1.54, 1.807) is 23.1 Å². The molecule has 2 aromatic rings. The molecule has 0 atom stereocenters. The maximum Gasteiger partial charge on any atom is 0.260 e. The van der Waals surface area contributed by atoms with Crippen molar-refractivity contribution in [1.82, 2.24) is 4.90 Å². The summed E-state index contributed by atoms with van der Waals surface area (Å²) in [6, 6.07) is 17.0. The average molecular weight is 343 g/mol. The minimum absolute atomic E-state index is 0.0701. The number of amides is 1. The Morgan fingerprint density at radius 1 is 1.25 bits per heavy atom. The van der Waals surface area contributed by atoms with Gasteiger partial charge in [-0.3, -0.25) is 4.79 Å². The van der Waals surface area contributed by atoms with Gasteiger partial charge in [0, 0.05) is 18.1 Å². The fourth-order valence-corrected chi connectivity index (χ4v) is 2.34. The van der Waals surface area contributed by atoms with Crippen molar-refractivity contribution in [1.29, 1.82) is 5.26 Å². The summed E-state index contributed by atoms with van der Waals surface area (Å²) >= 11 is 5.98. The number of nitriles is 1. The second-order valence-corrected chi connectivity index (χ2v) is 5.82. The Bertz CT molecular complexity index is 726. The lowest BCUT2D eigenvalue weighted by atomic mass is 10.2. The SMILES string of the molecule is Cc1cc(OCC(=O)N(CCC#N)Cc2ccccc2)ccc1Cl. The van der Waals surface area contributed by atoms with Gasteiger partial charge in [-0.25, -0.2) is 0 Å². The summed E-state index contributed by atoms with van der Waals surface area (Å²) in [5.41, 5.74) is 1.92. The summed E-state index contributed by atoms with van der Waals surface area (Å²) in [4.78, 5) is 14.1. The van der Waals surface area contributed by atoms with E-state index in [2.05, 4.69) is 6.07 Å². The van der Waals surface area contributed by atoms with Gasteiger partial charge in [0.05, 0.1) is 12.5 Å². The van der Waals surface area contributed by atoms with Gasteiger partial charge in [0.2, 0.25) is 0 Å². The number of rotatable bonds is 7. The highest BCUT2D eigenvalue weighted by Gasteiger charge is 2.14. The third-order valence-electron chi connectivity index (χ3n) is 3.55. The molecule has 0 aliphatic rings. The second kappa shape index (κ2) is 8.95. The van der Waals surface area contributed by atoms with E-state index >= 15 is 0 Å². The lowest BCUT2D eigenvalue weighted by Crippen LogP contribution is -2.35. The van der Waals surface area contributed by atoms with Gasteiger partial charge in [0.25, 0.3) is 5.91 Å². The molecule has 5 heteroatoms. The number of benzene rings is 2. The van der Waals surface area contributed by atoms with E-state index < -0.39 is 0 Å². The summed E-state index contributed by atoms with van der Waals surface area (Å²) in [5.74, 6) is 0.451. The lowest BCUT2D eigenvalue weighted by molar-refractivity contribution is -0.133. The number of hydrogen-bond donors (Lipinski definition) is 0. The quantitative estimate of drug-likeness (QED) is 0.765. The number of carbonyl (C=O) groups is 1. The van der Waals surface area contributed by atoms with E-state index in [0.29, 0.717) is 30.3 Å². The normalized spacial score (nSPS) is 10.0. The van der Waals surface area contributed by atoms with Crippen LogP contribution in [0, 0.1) is 18.3 Å². The van der Waals surface area contributed by atoms with Crippen LogP contribution in [0.25, 0.3) is 0 Å². The van der Waals surface area contributed by atoms with Gasteiger partial charge in [-0.05, 0) is 36.2 Å². The summed E-state index contributed by atoms with van der Waals surface area (Å²) in [5, 5.41) is 9.46. The Balaban J connectivity index is 1.98. The Kier molecular flexibility index (Phi) is 6.65. The summed E-state index contributed by atoms with van der Waals surface area (Å²) in [6.07, 6.45) is 0.290. The highest BCUT2D eigenvalue weighted by atomic mass is 35.5. The van der Waals surface area contributed by atoms with E-state index in [9.17, 15) is 4.79 Å².